The predicted octanol–water partition coefficient (Wildman–Crippen LogP) is 3.06. The average molecular weight is 219 g/mol. The number of nitrogens with zero attached hydrogens (tertiary/aromatic N) is 2. The molecule has 0 bridgehead atoms. The van der Waals surface area contributed by atoms with Gasteiger partial charge in [0.2, 0.25) is 0 Å². The number of anilines is 1. The van der Waals surface area contributed by atoms with Crippen LogP contribution in [0.25, 0.3) is 0 Å². The molecule has 3 heteroatoms. The smallest absolute Gasteiger partial charge is 0.148 e. The Morgan fingerprint density at radius 2 is 2.06 bits per heavy atom. The summed E-state index contributed by atoms with van der Waals surface area (Å²) in [5, 5.41) is 11.7. The second-order valence-electron chi connectivity index (χ2n) is 5.77. The van der Waals surface area contributed by atoms with Crippen molar-refractivity contribution in [1.29, 1.82) is 0 Å². The third kappa shape index (κ3) is 2.52. The molecule has 0 radical (unpaired) electrons. The topological polar surface area (TPSA) is 37.8 Å². The average Bonchev–Trinajstić information content (AvgIpc) is 2.84. The van der Waals surface area contributed by atoms with E-state index in [1.807, 2.05) is 6.07 Å². The van der Waals surface area contributed by atoms with Crippen molar-refractivity contribution in [1.82, 2.24) is 10.2 Å². The third-order valence-electron chi connectivity index (χ3n) is 3.52. The maximum atomic E-state index is 4.20. The van der Waals surface area contributed by atoms with E-state index in [-0.39, 0.29) is 0 Å². The van der Waals surface area contributed by atoms with Gasteiger partial charge in [0.05, 0.1) is 5.69 Å². The molecule has 1 atom stereocenters. The van der Waals surface area contributed by atoms with Gasteiger partial charge in [-0.15, -0.1) is 5.10 Å². The van der Waals surface area contributed by atoms with Crippen molar-refractivity contribution in [3.05, 3.63) is 17.8 Å². The molecule has 1 heterocycles. The summed E-state index contributed by atoms with van der Waals surface area (Å²) in [5.74, 6) is 2.13. The Hall–Kier alpha value is -1.12. The first kappa shape index (κ1) is 11.4. The first-order valence-corrected chi connectivity index (χ1v) is 6.06. The van der Waals surface area contributed by atoms with Crippen molar-refractivity contribution in [2.75, 3.05) is 11.9 Å². The summed E-state index contributed by atoms with van der Waals surface area (Å²) in [6.07, 6.45) is 1.32. The Labute approximate surface area is 97.7 Å². The molecule has 3 nitrogen and oxygen atoms in total. The molecule has 1 N–H and O–H groups in total. The second kappa shape index (κ2) is 4.04. The molecule has 16 heavy (non-hydrogen) atoms. The standard InChI is InChI=1S/C13H21N3/c1-9(2)11-5-6-12(16-15-11)14-8-10-7-13(10,3)4/h5-6,9-10H,7-8H2,1-4H3,(H,14,16)/t10-/m0/s1. The molecule has 0 saturated heterocycles. The normalized spacial score (nSPS) is 22.2. The highest BCUT2D eigenvalue weighted by atomic mass is 15.2. The SMILES string of the molecule is CC(C)c1ccc(NC[C@@H]2CC2(C)C)nn1. The van der Waals surface area contributed by atoms with Gasteiger partial charge in [-0.25, -0.2) is 0 Å². The first-order valence-electron chi connectivity index (χ1n) is 6.06. The molecular formula is C13H21N3. The Morgan fingerprint density at radius 3 is 2.50 bits per heavy atom. The van der Waals surface area contributed by atoms with Crippen LogP contribution in [0.3, 0.4) is 0 Å². The van der Waals surface area contributed by atoms with Crippen LogP contribution in [0.2, 0.25) is 0 Å². The van der Waals surface area contributed by atoms with Gasteiger partial charge >= 0.3 is 0 Å². The van der Waals surface area contributed by atoms with Gasteiger partial charge in [0.1, 0.15) is 5.82 Å². The van der Waals surface area contributed by atoms with Crippen LogP contribution in [0.15, 0.2) is 12.1 Å². The molecule has 88 valence electrons. The highest BCUT2D eigenvalue weighted by molar-refractivity contribution is 5.33. The lowest BCUT2D eigenvalue weighted by Gasteiger charge is -2.07. The molecule has 1 fully saturated rings. The van der Waals surface area contributed by atoms with Gasteiger partial charge in [-0.05, 0) is 35.8 Å². The van der Waals surface area contributed by atoms with Crippen molar-refractivity contribution >= 4 is 5.82 Å². The summed E-state index contributed by atoms with van der Waals surface area (Å²) in [4.78, 5) is 0. The lowest BCUT2D eigenvalue weighted by molar-refractivity contribution is 0.572. The van der Waals surface area contributed by atoms with Gasteiger partial charge < -0.3 is 5.32 Å². The molecule has 1 saturated carbocycles. The minimum absolute atomic E-state index is 0.448. The van der Waals surface area contributed by atoms with Crippen LogP contribution in [0.5, 0.6) is 0 Å². The van der Waals surface area contributed by atoms with E-state index in [2.05, 4.69) is 49.3 Å². The van der Waals surface area contributed by atoms with E-state index in [1.165, 1.54) is 6.42 Å². The fraction of sp³-hybridized carbons (Fsp3) is 0.692. The minimum atomic E-state index is 0.448. The Kier molecular flexibility index (Phi) is 2.87. The number of rotatable bonds is 4. The molecule has 1 aromatic rings. The Bertz CT molecular complexity index is 354. The van der Waals surface area contributed by atoms with Crippen LogP contribution in [0.1, 0.15) is 45.7 Å². The molecule has 2 rings (SSSR count). The zero-order chi connectivity index (χ0) is 11.8. The molecule has 0 aromatic carbocycles. The van der Waals surface area contributed by atoms with Gasteiger partial charge in [0.25, 0.3) is 0 Å². The maximum absolute atomic E-state index is 4.20. The van der Waals surface area contributed by atoms with Crippen molar-refractivity contribution in [2.24, 2.45) is 11.3 Å². The molecule has 0 aliphatic heterocycles. The minimum Gasteiger partial charge on any atom is -0.368 e. The molecule has 0 amide bonds. The molecular weight excluding hydrogens is 198 g/mol. The van der Waals surface area contributed by atoms with E-state index in [1.54, 1.807) is 0 Å². The van der Waals surface area contributed by atoms with Gasteiger partial charge in [-0.2, -0.15) is 5.10 Å². The van der Waals surface area contributed by atoms with E-state index in [9.17, 15) is 0 Å². The van der Waals surface area contributed by atoms with E-state index < -0.39 is 0 Å². The van der Waals surface area contributed by atoms with Crippen molar-refractivity contribution in [3.63, 3.8) is 0 Å². The van der Waals surface area contributed by atoms with Gasteiger partial charge in [0.15, 0.2) is 0 Å². The van der Waals surface area contributed by atoms with Crippen LogP contribution in [-0.4, -0.2) is 16.7 Å². The lowest BCUT2D eigenvalue weighted by Crippen LogP contribution is -2.09. The first-order chi connectivity index (χ1) is 7.49. The van der Waals surface area contributed by atoms with Crippen molar-refractivity contribution < 1.29 is 0 Å². The molecule has 1 aliphatic carbocycles. The van der Waals surface area contributed by atoms with Gasteiger partial charge in [0, 0.05) is 6.54 Å². The van der Waals surface area contributed by atoms with E-state index in [4.69, 9.17) is 0 Å². The highest BCUT2D eigenvalue weighted by Crippen LogP contribution is 2.51. The second-order valence-corrected chi connectivity index (χ2v) is 5.77. The van der Waals surface area contributed by atoms with Crippen LogP contribution < -0.4 is 5.32 Å². The van der Waals surface area contributed by atoms with Gasteiger partial charge in [-0.3, -0.25) is 0 Å². The third-order valence-corrected chi connectivity index (χ3v) is 3.52. The monoisotopic (exact) mass is 219 g/mol. The van der Waals surface area contributed by atoms with Gasteiger partial charge in [-0.1, -0.05) is 27.7 Å². The quantitative estimate of drug-likeness (QED) is 0.845. The molecule has 0 spiro atoms. The molecule has 0 unspecified atom stereocenters. The predicted molar refractivity (Wildman–Crippen MR) is 66.5 cm³/mol. The highest BCUT2D eigenvalue weighted by Gasteiger charge is 2.44. The lowest BCUT2D eigenvalue weighted by atomic mass is 10.1. The van der Waals surface area contributed by atoms with Crippen molar-refractivity contribution in [2.45, 2.75) is 40.0 Å². The van der Waals surface area contributed by atoms with E-state index in [0.717, 1.165) is 24.0 Å². The summed E-state index contributed by atoms with van der Waals surface area (Å²) in [6, 6.07) is 4.08. The summed E-state index contributed by atoms with van der Waals surface area (Å²) < 4.78 is 0. The summed E-state index contributed by atoms with van der Waals surface area (Å²) >= 11 is 0. The van der Waals surface area contributed by atoms with Crippen LogP contribution in [0.4, 0.5) is 5.82 Å². The van der Waals surface area contributed by atoms with Crippen LogP contribution in [-0.2, 0) is 0 Å². The van der Waals surface area contributed by atoms with E-state index in [0.29, 0.717) is 11.3 Å². The number of aromatic nitrogens is 2. The van der Waals surface area contributed by atoms with Crippen LogP contribution >= 0.6 is 0 Å². The fourth-order valence-electron chi connectivity index (χ4n) is 1.90. The van der Waals surface area contributed by atoms with E-state index >= 15 is 0 Å². The molecule has 1 aliphatic rings. The summed E-state index contributed by atoms with van der Waals surface area (Å²) in [5.41, 5.74) is 1.58. The summed E-state index contributed by atoms with van der Waals surface area (Å²) in [7, 11) is 0. The summed E-state index contributed by atoms with van der Waals surface area (Å²) in [6.45, 7) is 9.90. The number of hydrogen-bond donors (Lipinski definition) is 1. The Balaban J connectivity index is 1.86. The number of hydrogen-bond acceptors (Lipinski definition) is 3. The van der Waals surface area contributed by atoms with Crippen LogP contribution in [0, 0.1) is 11.3 Å². The zero-order valence-electron chi connectivity index (χ0n) is 10.6. The van der Waals surface area contributed by atoms with Crippen molar-refractivity contribution in [3.8, 4) is 0 Å². The number of nitrogens with one attached hydrogen (secondary N) is 1. The Morgan fingerprint density at radius 1 is 1.38 bits per heavy atom. The maximum Gasteiger partial charge on any atom is 0.148 e. The fourth-order valence-corrected chi connectivity index (χ4v) is 1.90. The zero-order valence-corrected chi connectivity index (χ0v) is 10.6. The molecule has 1 aromatic heterocycles. The largest absolute Gasteiger partial charge is 0.368 e.